The smallest absolute Gasteiger partial charge is 0.345 e. The Morgan fingerprint density at radius 1 is 1.23 bits per heavy atom. The largest absolute Gasteiger partial charge is 0.401 e. The van der Waals surface area contributed by atoms with Crippen molar-refractivity contribution in [3.8, 4) is 11.3 Å². The molecule has 0 atom stereocenters. The normalized spacial score (nSPS) is 14.8. The summed E-state index contributed by atoms with van der Waals surface area (Å²) in [5.74, 6) is 0.0580. The van der Waals surface area contributed by atoms with Crippen LogP contribution >= 0.6 is 0 Å². The molecule has 3 N–H and O–H groups in total. The molecule has 4 rings (SSSR count). The molecule has 1 saturated carbocycles. The number of carbonyl (C=O) groups excluding carboxylic acids is 1. The quantitative estimate of drug-likeness (QED) is 0.567. The molecule has 158 valence electrons. The maximum absolute atomic E-state index is 12.5. The molecule has 0 radical (unpaired) electrons. The SMILES string of the molecule is CC(C)(NCC(F)(F)F)C(=O)Nc1cncc(-c2c[nH]c3ncc(C4CC4)cc23)n1. The van der Waals surface area contributed by atoms with Gasteiger partial charge >= 0.3 is 6.18 Å². The van der Waals surface area contributed by atoms with Crippen molar-refractivity contribution in [2.24, 2.45) is 0 Å². The lowest BCUT2D eigenvalue weighted by Crippen LogP contribution is -2.52. The molecule has 30 heavy (non-hydrogen) atoms. The van der Waals surface area contributed by atoms with Gasteiger partial charge in [0.25, 0.3) is 0 Å². The maximum atomic E-state index is 12.5. The number of pyridine rings is 1. The van der Waals surface area contributed by atoms with Crippen LogP contribution in [-0.2, 0) is 4.79 Å². The van der Waals surface area contributed by atoms with E-state index in [0.29, 0.717) is 11.6 Å². The van der Waals surface area contributed by atoms with Gasteiger partial charge in [0.05, 0.1) is 30.2 Å². The zero-order chi connectivity index (χ0) is 21.5. The van der Waals surface area contributed by atoms with Crippen molar-refractivity contribution in [3.63, 3.8) is 0 Å². The third-order valence-corrected chi connectivity index (χ3v) is 5.05. The van der Waals surface area contributed by atoms with E-state index in [4.69, 9.17) is 0 Å². The van der Waals surface area contributed by atoms with Gasteiger partial charge in [-0.15, -0.1) is 0 Å². The van der Waals surface area contributed by atoms with Crippen LogP contribution in [0.2, 0.25) is 0 Å². The van der Waals surface area contributed by atoms with Crippen LogP contribution in [0.15, 0.2) is 30.9 Å². The fraction of sp³-hybridized carbons (Fsp3) is 0.400. The van der Waals surface area contributed by atoms with Crippen LogP contribution in [0.1, 0.15) is 38.2 Å². The summed E-state index contributed by atoms with van der Waals surface area (Å²) >= 11 is 0. The van der Waals surface area contributed by atoms with Crippen LogP contribution in [0, 0.1) is 0 Å². The number of hydrogen-bond acceptors (Lipinski definition) is 5. The molecule has 0 bridgehead atoms. The van der Waals surface area contributed by atoms with Crippen molar-refractivity contribution in [1.82, 2.24) is 25.3 Å². The van der Waals surface area contributed by atoms with E-state index in [0.717, 1.165) is 29.4 Å². The second-order valence-corrected chi connectivity index (χ2v) is 7.98. The van der Waals surface area contributed by atoms with Gasteiger partial charge in [-0.1, -0.05) is 0 Å². The van der Waals surface area contributed by atoms with Crippen molar-refractivity contribution in [2.45, 2.75) is 44.3 Å². The predicted octanol–water partition coefficient (Wildman–Crippen LogP) is 3.77. The highest BCUT2D eigenvalue weighted by Crippen LogP contribution is 2.41. The number of nitrogens with one attached hydrogen (secondary N) is 3. The van der Waals surface area contributed by atoms with Crippen LogP contribution in [-0.4, -0.2) is 44.1 Å². The number of rotatable bonds is 6. The first-order chi connectivity index (χ1) is 14.1. The highest BCUT2D eigenvalue weighted by atomic mass is 19.4. The van der Waals surface area contributed by atoms with Crippen molar-refractivity contribution in [1.29, 1.82) is 0 Å². The Hall–Kier alpha value is -3.01. The van der Waals surface area contributed by atoms with Gasteiger partial charge in [-0.3, -0.25) is 15.1 Å². The Kier molecular flexibility index (Phi) is 4.97. The first kappa shape index (κ1) is 20.3. The molecule has 1 fully saturated rings. The lowest BCUT2D eigenvalue weighted by Gasteiger charge is -2.25. The van der Waals surface area contributed by atoms with Crippen LogP contribution in [0.4, 0.5) is 19.0 Å². The number of fused-ring (bicyclic) bond motifs is 1. The lowest BCUT2D eigenvalue weighted by atomic mass is 10.0. The van der Waals surface area contributed by atoms with Crippen LogP contribution in [0.3, 0.4) is 0 Å². The Balaban J connectivity index is 1.55. The standard InChI is InChI=1S/C20H21F3N6O/c1-19(2,27-10-20(21,22)23)18(30)29-16-9-24-8-15(28-16)14-7-26-17-13(14)5-12(6-25-17)11-3-4-11/h5-9,11,27H,3-4,10H2,1-2H3,(H,25,26)(H,28,29,30). The van der Waals surface area contributed by atoms with Crippen molar-refractivity contribution in [3.05, 3.63) is 36.4 Å². The van der Waals surface area contributed by atoms with E-state index >= 15 is 0 Å². The fourth-order valence-corrected chi connectivity index (χ4v) is 3.10. The van der Waals surface area contributed by atoms with Crippen molar-refractivity contribution in [2.75, 3.05) is 11.9 Å². The number of nitrogens with zero attached hydrogens (tertiary/aromatic N) is 3. The van der Waals surface area contributed by atoms with Crippen molar-refractivity contribution >= 4 is 22.8 Å². The second kappa shape index (κ2) is 7.35. The summed E-state index contributed by atoms with van der Waals surface area (Å²) in [6, 6.07) is 2.09. The molecule has 3 heterocycles. The van der Waals surface area contributed by atoms with Crippen LogP contribution < -0.4 is 10.6 Å². The first-order valence-electron chi connectivity index (χ1n) is 9.55. The minimum absolute atomic E-state index is 0.153. The number of aromatic nitrogens is 4. The molecule has 10 heteroatoms. The topological polar surface area (TPSA) is 95.6 Å². The summed E-state index contributed by atoms with van der Waals surface area (Å²) in [6.45, 7) is 1.47. The van der Waals surface area contributed by atoms with E-state index < -0.39 is 24.2 Å². The first-order valence-corrected chi connectivity index (χ1v) is 9.55. The predicted molar refractivity (Wildman–Crippen MR) is 106 cm³/mol. The van der Waals surface area contributed by atoms with E-state index in [2.05, 4.69) is 36.6 Å². The number of alkyl halides is 3. The number of H-pyrrole nitrogens is 1. The van der Waals surface area contributed by atoms with Gasteiger partial charge in [-0.2, -0.15) is 13.2 Å². The van der Waals surface area contributed by atoms with Gasteiger partial charge in [-0.05, 0) is 44.2 Å². The van der Waals surface area contributed by atoms with Crippen LogP contribution in [0.5, 0.6) is 0 Å². The average Bonchev–Trinajstić information content (AvgIpc) is 3.45. The highest BCUT2D eigenvalue weighted by Gasteiger charge is 2.34. The molecule has 1 aliphatic rings. The number of carbonyl (C=O) groups is 1. The van der Waals surface area contributed by atoms with Gasteiger partial charge in [-0.25, -0.2) is 9.97 Å². The summed E-state index contributed by atoms with van der Waals surface area (Å²) in [4.78, 5) is 28.6. The van der Waals surface area contributed by atoms with Gasteiger partial charge in [0.15, 0.2) is 5.82 Å². The number of amides is 1. The average molecular weight is 418 g/mol. The molecule has 0 aliphatic heterocycles. The fourth-order valence-electron chi connectivity index (χ4n) is 3.10. The molecule has 0 unspecified atom stereocenters. The summed E-state index contributed by atoms with van der Waals surface area (Å²) in [7, 11) is 0. The van der Waals surface area contributed by atoms with E-state index in [-0.39, 0.29) is 5.82 Å². The maximum Gasteiger partial charge on any atom is 0.401 e. The molecular weight excluding hydrogens is 397 g/mol. The Morgan fingerprint density at radius 2 is 2.00 bits per heavy atom. The summed E-state index contributed by atoms with van der Waals surface area (Å²) in [6.07, 6.45) is 4.47. The lowest BCUT2D eigenvalue weighted by molar-refractivity contribution is -0.133. The Morgan fingerprint density at radius 3 is 2.70 bits per heavy atom. The Labute approximate surface area is 170 Å². The van der Waals surface area contributed by atoms with Crippen molar-refractivity contribution < 1.29 is 18.0 Å². The molecule has 0 spiro atoms. The molecule has 1 aliphatic carbocycles. The summed E-state index contributed by atoms with van der Waals surface area (Å²) in [5.41, 5.74) is 1.77. The van der Waals surface area contributed by atoms with E-state index in [1.807, 2.05) is 6.20 Å². The highest BCUT2D eigenvalue weighted by molar-refractivity contribution is 5.97. The molecule has 0 saturated heterocycles. The van der Waals surface area contributed by atoms with Gasteiger partial charge in [0.2, 0.25) is 5.91 Å². The zero-order valence-electron chi connectivity index (χ0n) is 16.5. The molecule has 3 aromatic heterocycles. The number of halogens is 3. The molecular formula is C20H21F3N6O. The Bertz CT molecular complexity index is 1090. The molecule has 1 amide bonds. The van der Waals surface area contributed by atoms with E-state index in [9.17, 15) is 18.0 Å². The van der Waals surface area contributed by atoms with E-state index in [1.165, 1.54) is 25.6 Å². The van der Waals surface area contributed by atoms with Gasteiger partial charge in [0.1, 0.15) is 5.65 Å². The number of hydrogen-bond donors (Lipinski definition) is 3. The minimum atomic E-state index is -4.42. The van der Waals surface area contributed by atoms with Gasteiger partial charge in [0, 0.05) is 23.3 Å². The molecule has 0 aromatic carbocycles. The zero-order valence-corrected chi connectivity index (χ0v) is 16.5. The third kappa shape index (κ3) is 4.43. The number of aromatic amines is 1. The van der Waals surface area contributed by atoms with E-state index in [1.54, 1.807) is 12.4 Å². The monoisotopic (exact) mass is 418 g/mol. The van der Waals surface area contributed by atoms with Crippen LogP contribution in [0.25, 0.3) is 22.3 Å². The van der Waals surface area contributed by atoms with Gasteiger partial charge < -0.3 is 10.3 Å². The molecule has 3 aromatic rings. The minimum Gasteiger partial charge on any atom is -0.345 e. The summed E-state index contributed by atoms with van der Waals surface area (Å²) < 4.78 is 37.4. The second-order valence-electron chi connectivity index (χ2n) is 7.98. The number of anilines is 1. The molecule has 7 nitrogen and oxygen atoms in total. The third-order valence-electron chi connectivity index (χ3n) is 5.05. The summed E-state index contributed by atoms with van der Waals surface area (Å²) in [5, 5.41) is 5.66.